The second kappa shape index (κ2) is 8.85. The van der Waals surface area contributed by atoms with E-state index in [9.17, 15) is 13.2 Å². The highest BCUT2D eigenvalue weighted by atomic mass is 35.5. The van der Waals surface area contributed by atoms with E-state index in [4.69, 9.17) is 16.1 Å². The summed E-state index contributed by atoms with van der Waals surface area (Å²) in [6.45, 7) is 3.24. The molecule has 10 heteroatoms. The summed E-state index contributed by atoms with van der Waals surface area (Å²) in [5.41, 5.74) is 2.82. The summed E-state index contributed by atoms with van der Waals surface area (Å²) in [6, 6.07) is 12.5. The zero-order valence-corrected chi connectivity index (χ0v) is 18.3. The first-order valence-corrected chi connectivity index (χ1v) is 11.3. The highest BCUT2D eigenvalue weighted by Crippen LogP contribution is 2.28. The summed E-state index contributed by atoms with van der Waals surface area (Å²) in [7, 11) is -3.71. The van der Waals surface area contributed by atoms with Crippen LogP contribution in [0.2, 0.25) is 5.02 Å². The van der Waals surface area contributed by atoms with E-state index in [0.29, 0.717) is 22.1 Å². The minimum absolute atomic E-state index is 0.0240. The lowest BCUT2D eigenvalue weighted by Gasteiger charge is -2.23. The molecule has 3 rings (SSSR count). The highest BCUT2D eigenvalue weighted by molar-refractivity contribution is 7.92. The molecular weight excluding hydrogens is 428 g/mol. The number of hydrogen-bond donors (Lipinski definition) is 1. The molecule has 0 bridgehead atoms. The van der Waals surface area contributed by atoms with E-state index in [-0.39, 0.29) is 12.4 Å². The first-order chi connectivity index (χ1) is 14.1. The average molecular weight is 449 g/mol. The van der Waals surface area contributed by atoms with Crippen LogP contribution in [0, 0.1) is 13.8 Å². The quantitative estimate of drug-likeness (QED) is 0.595. The van der Waals surface area contributed by atoms with Gasteiger partial charge < -0.3 is 9.84 Å². The van der Waals surface area contributed by atoms with Gasteiger partial charge in [-0.2, -0.15) is 4.98 Å². The van der Waals surface area contributed by atoms with Crippen molar-refractivity contribution in [2.45, 2.75) is 20.4 Å². The SMILES string of the molecule is Cc1ccc(-c2noc(CNC(=O)CN(c3cccc(Cl)c3C)S(C)(=O)=O)n2)cc1. The zero-order chi connectivity index (χ0) is 21.9. The van der Waals surface area contributed by atoms with Gasteiger partial charge in [-0.25, -0.2) is 8.42 Å². The molecule has 0 atom stereocenters. The van der Waals surface area contributed by atoms with Crippen LogP contribution in [0.15, 0.2) is 47.0 Å². The number of aromatic nitrogens is 2. The molecule has 1 aromatic heterocycles. The topological polar surface area (TPSA) is 105 Å². The predicted molar refractivity (Wildman–Crippen MR) is 115 cm³/mol. The number of carbonyl (C=O) groups excluding carboxylic acids is 1. The first kappa shape index (κ1) is 21.8. The van der Waals surface area contributed by atoms with Gasteiger partial charge >= 0.3 is 0 Å². The Morgan fingerprint density at radius 3 is 2.53 bits per heavy atom. The summed E-state index contributed by atoms with van der Waals surface area (Å²) >= 11 is 6.10. The van der Waals surface area contributed by atoms with Crippen LogP contribution >= 0.6 is 11.6 Å². The number of benzene rings is 2. The summed E-state index contributed by atoms with van der Waals surface area (Å²) < 4.78 is 30.7. The van der Waals surface area contributed by atoms with Crippen LogP contribution in [0.25, 0.3) is 11.4 Å². The molecule has 0 spiro atoms. The molecule has 1 N–H and O–H groups in total. The monoisotopic (exact) mass is 448 g/mol. The van der Waals surface area contributed by atoms with E-state index in [2.05, 4.69) is 15.5 Å². The fourth-order valence-electron chi connectivity index (χ4n) is 2.75. The largest absolute Gasteiger partial charge is 0.345 e. The molecule has 0 aliphatic heterocycles. The van der Waals surface area contributed by atoms with Gasteiger partial charge in [-0.3, -0.25) is 9.10 Å². The number of aryl methyl sites for hydroxylation is 1. The van der Waals surface area contributed by atoms with E-state index in [0.717, 1.165) is 21.7 Å². The second-order valence-corrected chi connectivity index (χ2v) is 9.12. The first-order valence-electron chi connectivity index (χ1n) is 9.04. The average Bonchev–Trinajstić information content (AvgIpc) is 3.16. The van der Waals surface area contributed by atoms with Crippen LogP contribution in [0.3, 0.4) is 0 Å². The van der Waals surface area contributed by atoms with Crippen molar-refractivity contribution in [1.29, 1.82) is 0 Å². The Kier molecular flexibility index (Phi) is 6.42. The second-order valence-electron chi connectivity index (χ2n) is 6.81. The lowest BCUT2D eigenvalue weighted by Crippen LogP contribution is -2.40. The highest BCUT2D eigenvalue weighted by Gasteiger charge is 2.23. The van der Waals surface area contributed by atoms with E-state index in [1.807, 2.05) is 31.2 Å². The molecule has 8 nitrogen and oxygen atoms in total. The van der Waals surface area contributed by atoms with Crippen molar-refractivity contribution in [3.8, 4) is 11.4 Å². The lowest BCUT2D eigenvalue weighted by molar-refractivity contribution is -0.119. The van der Waals surface area contributed by atoms with E-state index < -0.39 is 22.5 Å². The van der Waals surface area contributed by atoms with Crippen molar-refractivity contribution in [3.05, 3.63) is 64.5 Å². The number of hydrogen-bond acceptors (Lipinski definition) is 6. The lowest BCUT2D eigenvalue weighted by atomic mass is 10.1. The van der Waals surface area contributed by atoms with Gasteiger partial charge in [0.05, 0.1) is 18.5 Å². The third-order valence-electron chi connectivity index (χ3n) is 4.41. The number of nitrogens with zero attached hydrogens (tertiary/aromatic N) is 3. The molecule has 1 amide bonds. The minimum atomic E-state index is -3.71. The third kappa shape index (κ3) is 5.17. The molecule has 3 aromatic rings. The molecule has 0 aliphatic rings. The minimum Gasteiger partial charge on any atom is -0.345 e. The fourth-order valence-corrected chi connectivity index (χ4v) is 3.83. The third-order valence-corrected chi connectivity index (χ3v) is 5.95. The molecular formula is C20H21ClN4O4S. The van der Waals surface area contributed by atoms with Crippen molar-refractivity contribution < 1.29 is 17.7 Å². The van der Waals surface area contributed by atoms with Gasteiger partial charge in [0.15, 0.2) is 0 Å². The number of amides is 1. The van der Waals surface area contributed by atoms with Crippen LogP contribution in [0.4, 0.5) is 5.69 Å². The van der Waals surface area contributed by atoms with E-state index in [1.165, 1.54) is 0 Å². The molecule has 0 saturated carbocycles. The van der Waals surface area contributed by atoms with Crippen LogP contribution in [0.1, 0.15) is 17.0 Å². The van der Waals surface area contributed by atoms with Gasteiger partial charge in [0.1, 0.15) is 6.54 Å². The summed E-state index contributed by atoms with van der Waals surface area (Å²) in [6.07, 6.45) is 1.03. The van der Waals surface area contributed by atoms with Gasteiger partial charge in [-0.1, -0.05) is 52.7 Å². The van der Waals surface area contributed by atoms with E-state index >= 15 is 0 Å². The number of anilines is 1. The van der Waals surface area contributed by atoms with Crippen LogP contribution < -0.4 is 9.62 Å². The van der Waals surface area contributed by atoms with Crippen molar-refractivity contribution in [3.63, 3.8) is 0 Å². The molecule has 2 aromatic carbocycles. The Bertz CT molecular complexity index is 1160. The summed E-state index contributed by atoms with van der Waals surface area (Å²) in [4.78, 5) is 16.7. The van der Waals surface area contributed by atoms with Crippen LogP contribution in [-0.4, -0.2) is 37.3 Å². The molecule has 0 saturated heterocycles. The van der Waals surface area contributed by atoms with Crippen molar-refractivity contribution in [1.82, 2.24) is 15.5 Å². The standard InChI is InChI=1S/C20H21ClN4O4S/c1-13-7-9-15(10-8-13)20-23-19(29-24-20)11-22-18(26)12-25(30(3,27)28)17-6-4-5-16(21)14(17)2/h4-10H,11-12H2,1-3H3,(H,22,26). The number of sulfonamides is 1. The zero-order valence-electron chi connectivity index (χ0n) is 16.7. The van der Waals surface area contributed by atoms with Crippen molar-refractivity contribution >= 4 is 33.2 Å². The fraction of sp³-hybridized carbons (Fsp3) is 0.250. The number of nitrogens with one attached hydrogen (secondary N) is 1. The molecule has 0 unspecified atom stereocenters. The Labute approximate surface area is 179 Å². The molecule has 30 heavy (non-hydrogen) atoms. The normalized spacial score (nSPS) is 11.3. The number of rotatable bonds is 7. The summed E-state index contributed by atoms with van der Waals surface area (Å²) in [5.74, 6) is 0.102. The van der Waals surface area contributed by atoms with Gasteiger partial charge in [-0.15, -0.1) is 0 Å². The van der Waals surface area contributed by atoms with Crippen molar-refractivity contribution in [2.24, 2.45) is 0 Å². The Morgan fingerprint density at radius 2 is 1.87 bits per heavy atom. The van der Waals surface area contributed by atoms with Gasteiger partial charge in [-0.05, 0) is 31.5 Å². The van der Waals surface area contributed by atoms with Crippen LogP contribution in [0.5, 0.6) is 0 Å². The number of halogens is 1. The van der Waals surface area contributed by atoms with Crippen LogP contribution in [-0.2, 0) is 21.4 Å². The molecule has 1 heterocycles. The Morgan fingerprint density at radius 1 is 1.17 bits per heavy atom. The molecule has 0 radical (unpaired) electrons. The maximum Gasteiger partial charge on any atom is 0.246 e. The summed E-state index contributed by atoms with van der Waals surface area (Å²) in [5, 5.41) is 6.92. The maximum atomic E-state index is 12.4. The molecule has 0 fully saturated rings. The Balaban J connectivity index is 1.68. The molecule has 158 valence electrons. The van der Waals surface area contributed by atoms with Gasteiger partial charge in [0, 0.05) is 10.6 Å². The van der Waals surface area contributed by atoms with Gasteiger partial charge in [0.2, 0.25) is 27.6 Å². The number of carbonyl (C=O) groups is 1. The van der Waals surface area contributed by atoms with Crippen molar-refractivity contribution in [2.75, 3.05) is 17.1 Å². The van der Waals surface area contributed by atoms with Gasteiger partial charge in [0.25, 0.3) is 0 Å². The molecule has 0 aliphatic carbocycles. The predicted octanol–water partition coefficient (Wildman–Crippen LogP) is 3.09. The maximum absolute atomic E-state index is 12.4. The Hall–Kier alpha value is -2.91. The smallest absolute Gasteiger partial charge is 0.246 e. The van der Waals surface area contributed by atoms with E-state index in [1.54, 1.807) is 25.1 Å².